The minimum Gasteiger partial charge on any atom is -0.474 e. The van der Waals surface area contributed by atoms with Gasteiger partial charge in [-0.1, -0.05) is 34.6 Å². The van der Waals surface area contributed by atoms with Crippen molar-refractivity contribution in [1.82, 2.24) is 10.3 Å². The maximum atomic E-state index is 6.17. The van der Waals surface area contributed by atoms with Crippen LogP contribution >= 0.6 is 0 Å². The Morgan fingerprint density at radius 1 is 1.38 bits per heavy atom. The molecule has 1 aromatic rings. The van der Waals surface area contributed by atoms with E-state index in [1.807, 2.05) is 6.20 Å². The van der Waals surface area contributed by atoms with Crippen LogP contribution < -0.4 is 10.1 Å². The van der Waals surface area contributed by atoms with Crippen LogP contribution in [0.1, 0.15) is 59.4 Å². The molecule has 2 unspecified atom stereocenters. The fourth-order valence-corrected chi connectivity index (χ4v) is 3.47. The first-order chi connectivity index (χ1) is 9.84. The van der Waals surface area contributed by atoms with E-state index in [0.29, 0.717) is 17.6 Å². The van der Waals surface area contributed by atoms with Crippen molar-refractivity contribution >= 4 is 0 Å². The number of ether oxygens (including phenoxy) is 1. The summed E-state index contributed by atoms with van der Waals surface area (Å²) in [5, 5.41) is 3.43. The van der Waals surface area contributed by atoms with Gasteiger partial charge in [-0.25, -0.2) is 4.98 Å². The van der Waals surface area contributed by atoms with Gasteiger partial charge in [-0.2, -0.15) is 0 Å². The van der Waals surface area contributed by atoms with Crippen LogP contribution in [0.25, 0.3) is 0 Å². The van der Waals surface area contributed by atoms with Gasteiger partial charge in [-0.05, 0) is 42.2 Å². The Morgan fingerprint density at radius 2 is 2.14 bits per heavy atom. The van der Waals surface area contributed by atoms with Crippen LogP contribution in [0.2, 0.25) is 0 Å². The molecule has 3 nitrogen and oxygen atoms in total. The van der Waals surface area contributed by atoms with E-state index in [9.17, 15) is 0 Å². The van der Waals surface area contributed by atoms with Gasteiger partial charge < -0.3 is 10.1 Å². The topological polar surface area (TPSA) is 34.1 Å². The van der Waals surface area contributed by atoms with Gasteiger partial charge in [-0.3, -0.25) is 0 Å². The second-order valence-electron chi connectivity index (χ2n) is 7.69. The molecule has 0 saturated heterocycles. The second-order valence-corrected chi connectivity index (χ2v) is 7.69. The van der Waals surface area contributed by atoms with E-state index in [2.05, 4.69) is 57.1 Å². The molecule has 1 saturated carbocycles. The monoisotopic (exact) mass is 290 g/mol. The summed E-state index contributed by atoms with van der Waals surface area (Å²) in [5.41, 5.74) is 1.61. The van der Waals surface area contributed by atoms with Crippen LogP contribution in [0.15, 0.2) is 18.3 Å². The van der Waals surface area contributed by atoms with Crippen LogP contribution in [0, 0.1) is 11.3 Å². The fraction of sp³-hybridized carbons (Fsp3) is 0.722. The maximum absolute atomic E-state index is 6.17. The Balaban J connectivity index is 1.97. The quantitative estimate of drug-likeness (QED) is 0.883. The molecule has 0 amide bonds. The summed E-state index contributed by atoms with van der Waals surface area (Å²) in [5.74, 6) is 1.50. The van der Waals surface area contributed by atoms with Crippen LogP contribution in [0.4, 0.5) is 0 Å². The Morgan fingerprint density at radius 3 is 2.81 bits per heavy atom. The molecule has 1 N–H and O–H groups in total. The van der Waals surface area contributed by atoms with Gasteiger partial charge in [0, 0.05) is 24.8 Å². The molecule has 0 radical (unpaired) electrons. The maximum Gasteiger partial charge on any atom is 0.213 e. The van der Waals surface area contributed by atoms with E-state index >= 15 is 0 Å². The highest BCUT2D eigenvalue weighted by atomic mass is 16.5. The summed E-state index contributed by atoms with van der Waals surface area (Å²) >= 11 is 0. The summed E-state index contributed by atoms with van der Waals surface area (Å²) in [7, 11) is 0. The van der Waals surface area contributed by atoms with Gasteiger partial charge in [0.15, 0.2) is 0 Å². The minimum absolute atomic E-state index is 0.296. The number of hydrogen-bond acceptors (Lipinski definition) is 3. The molecule has 2 atom stereocenters. The van der Waals surface area contributed by atoms with Crippen LogP contribution in [-0.4, -0.2) is 17.1 Å². The minimum atomic E-state index is 0.296. The zero-order valence-corrected chi connectivity index (χ0v) is 14.1. The number of aromatic nitrogens is 1. The van der Waals surface area contributed by atoms with E-state index < -0.39 is 0 Å². The number of pyridine rings is 1. The van der Waals surface area contributed by atoms with Crippen molar-refractivity contribution < 1.29 is 4.74 Å². The first-order valence-corrected chi connectivity index (χ1v) is 8.19. The lowest BCUT2D eigenvalue weighted by molar-refractivity contribution is 0.0532. The van der Waals surface area contributed by atoms with Gasteiger partial charge in [-0.15, -0.1) is 0 Å². The van der Waals surface area contributed by atoms with Gasteiger partial charge in [0.1, 0.15) is 6.10 Å². The molecule has 0 bridgehead atoms. The zero-order valence-electron chi connectivity index (χ0n) is 14.1. The molecule has 1 fully saturated rings. The Bertz CT molecular complexity index is 456. The Kier molecular flexibility index (Phi) is 5.26. The number of nitrogens with zero attached hydrogens (tertiary/aromatic N) is 1. The molecule has 1 aromatic heterocycles. The van der Waals surface area contributed by atoms with Crippen molar-refractivity contribution in [2.24, 2.45) is 11.3 Å². The standard InChI is InChI=1S/C18H30N2O/c1-13(2)20-12-15-6-7-19-17(9-15)21-16-8-14(3)10-18(4,5)11-16/h6-7,9,13-14,16,20H,8,10-12H2,1-5H3. The van der Waals surface area contributed by atoms with Crippen LogP contribution in [0.5, 0.6) is 5.88 Å². The highest BCUT2D eigenvalue weighted by Crippen LogP contribution is 2.39. The molecule has 21 heavy (non-hydrogen) atoms. The van der Waals surface area contributed by atoms with Crippen molar-refractivity contribution in [2.45, 2.75) is 72.6 Å². The van der Waals surface area contributed by atoms with Crippen LogP contribution in [-0.2, 0) is 6.54 Å². The fourth-order valence-electron chi connectivity index (χ4n) is 3.47. The van der Waals surface area contributed by atoms with Crippen molar-refractivity contribution in [3.63, 3.8) is 0 Å². The molecule has 1 heterocycles. The highest BCUT2D eigenvalue weighted by Gasteiger charge is 2.33. The van der Waals surface area contributed by atoms with Crippen molar-refractivity contribution in [2.75, 3.05) is 0 Å². The number of hydrogen-bond donors (Lipinski definition) is 1. The third-order valence-electron chi connectivity index (χ3n) is 4.15. The Hall–Kier alpha value is -1.09. The molecular weight excluding hydrogens is 260 g/mol. The largest absolute Gasteiger partial charge is 0.474 e. The van der Waals surface area contributed by atoms with E-state index in [1.54, 1.807) is 0 Å². The molecule has 0 spiro atoms. The van der Waals surface area contributed by atoms with Gasteiger partial charge in [0.2, 0.25) is 5.88 Å². The van der Waals surface area contributed by atoms with E-state index in [4.69, 9.17) is 4.74 Å². The molecule has 118 valence electrons. The predicted molar refractivity (Wildman–Crippen MR) is 87.4 cm³/mol. The number of nitrogens with one attached hydrogen (secondary N) is 1. The first kappa shape index (κ1) is 16.3. The van der Waals surface area contributed by atoms with E-state index in [1.165, 1.54) is 12.0 Å². The van der Waals surface area contributed by atoms with Crippen molar-refractivity contribution in [3.8, 4) is 5.88 Å². The molecule has 0 aromatic carbocycles. The zero-order chi connectivity index (χ0) is 15.5. The highest BCUT2D eigenvalue weighted by molar-refractivity contribution is 5.20. The summed E-state index contributed by atoms with van der Waals surface area (Å²) in [6.45, 7) is 12.2. The molecule has 1 aliphatic carbocycles. The first-order valence-electron chi connectivity index (χ1n) is 8.19. The average molecular weight is 290 g/mol. The third kappa shape index (κ3) is 5.31. The molecule has 1 aliphatic rings. The van der Waals surface area contributed by atoms with E-state index in [-0.39, 0.29) is 0 Å². The van der Waals surface area contributed by atoms with Crippen LogP contribution in [0.3, 0.4) is 0 Å². The van der Waals surface area contributed by atoms with Gasteiger partial charge in [0.25, 0.3) is 0 Å². The summed E-state index contributed by atoms with van der Waals surface area (Å²) < 4.78 is 6.17. The molecule has 2 rings (SSSR count). The smallest absolute Gasteiger partial charge is 0.213 e. The van der Waals surface area contributed by atoms with Crippen molar-refractivity contribution in [3.05, 3.63) is 23.9 Å². The third-order valence-corrected chi connectivity index (χ3v) is 4.15. The Labute approximate surface area is 129 Å². The normalized spacial score (nSPS) is 25.0. The molecule has 3 heteroatoms. The van der Waals surface area contributed by atoms with Gasteiger partial charge >= 0.3 is 0 Å². The average Bonchev–Trinajstić information content (AvgIpc) is 2.34. The van der Waals surface area contributed by atoms with Gasteiger partial charge in [0.05, 0.1) is 0 Å². The van der Waals surface area contributed by atoms with Crippen molar-refractivity contribution in [1.29, 1.82) is 0 Å². The second kappa shape index (κ2) is 6.78. The lowest BCUT2D eigenvalue weighted by Crippen LogP contribution is -2.34. The predicted octanol–water partition coefficient (Wildman–Crippen LogP) is 4.17. The lowest BCUT2D eigenvalue weighted by atomic mass is 9.71. The summed E-state index contributed by atoms with van der Waals surface area (Å²) in [6.07, 6.45) is 5.69. The molecular formula is C18H30N2O. The number of rotatable bonds is 5. The molecule has 0 aliphatic heterocycles. The van der Waals surface area contributed by atoms with E-state index in [0.717, 1.165) is 31.2 Å². The lowest BCUT2D eigenvalue weighted by Gasteiger charge is -2.38. The summed E-state index contributed by atoms with van der Waals surface area (Å²) in [6, 6.07) is 4.61. The SMILES string of the molecule is CC1CC(Oc2cc(CNC(C)C)ccn2)CC(C)(C)C1. The summed E-state index contributed by atoms with van der Waals surface area (Å²) in [4.78, 5) is 4.38.